The van der Waals surface area contributed by atoms with Crippen molar-refractivity contribution in [3.8, 4) is 11.5 Å². The molecule has 1 aliphatic heterocycles. The highest BCUT2D eigenvalue weighted by atomic mass is 127. The monoisotopic (exact) mass is 504 g/mol. The van der Waals surface area contributed by atoms with E-state index in [-0.39, 0.29) is 24.0 Å². The van der Waals surface area contributed by atoms with Gasteiger partial charge in [0.2, 0.25) is 0 Å². The van der Waals surface area contributed by atoms with Gasteiger partial charge >= 0.3 is 0 Å². The lowest BCUT2D eigenvalue weighted by Gasteiger charge is -2.35. The van der Waals surface area contributed by atoms with E-state index < -0.39 is 0 Å². The van der Waals surface area contributed by atoms with Crippen LogP contribution in [-0.2, 0) is 6.54 Å². The standard InChI is InChI=1S/C21H36N4O2.HI/c1-16-11-17(2)15-25(14-16)10-6-9-23-21(22-3)24-13-18-7-8-19(26-4)20(12-18)27-5;/h7-8,12,16-17H,6,9-11,13-15H2,1-5H3,(H2,22,23,24);1H. The summed E-state index contributed by atoms with van der Waals surface area (Å²) < 4.78 is 10.6. The molecule has 1 aromatic carbocycles. The zero-order valence-electron chi connectivity index (χ0n) is 18.0. The Morgan fingerprint density at radius 1 is 1.11 bits per heavy atom. The summed E-state index contributed by atoms with van der Waals surface area (Å²) in [5.74, 6) is 3.94. The van der Waals surface area contributed by atoms with Gasteiger partial charge in [-0.2, -0.15) is 0 Å². The third-order valence-electron chi connectivity index (χ3n) is 5.02. The number of halogens is 1. The summed E-state index contributed by atoms with van der Waals surface area (Å²) in [6.07, 6.45) is 2.48. The first-order chi connectivity index (χ1) is 13.0. The second-order valence-corrected chi connectivity index (χ2v) is 7.60. The lowest BCUT2D eigenvalue weighted by molar-refractivity contribution is 0.140. The molecule has 1 aliphatic rings. The molecule has 1 saturated heterocycles. The van der Waals surface area contributed by atoms with Gasteiger partial charge in [-0.1, -0.05) is 19.9 Å². The number of ether oxygens (including phenoxy) is 2. The number of aliphatic imine (C=N–C) groups is 1. The minimum absolute atomic E-state index is 0. The summed E-state index contributed by atoms with van der Waals surface area (Å²) in [5, 5.41) is 6.77. The number of likely N-dealkylation sites (tertiary alicyclic amines) is 1. The molecule has 28 heavy (non-hydrogen) atoms. The Morgan fingerprint density at radius 2 is 1.79 bits per heavy atom. The maximum Gasteiger partial charge on any atom is 0.191 e. The van der Waals surface area contributed by atoms with E-state index in [1.807, 2.05) is 18.2 Å². The topological polar surface area (TPSA) is 58.1 Å². The second-order valence-electron chi connectivity index (χ2n) is 7.60. The first-order valence-corrected chi connectivity index (χ1v) is 9.93. The van der Waals surface area contributed by atoms with Crippen LogP contribution in [0.1, 0.15) is 32.3 Å². The van der Waals surface area contributed by atoms with Crippen LogP contribution in [0.15, 0.2) is 23.2 Å². The molecule has 0 radical (unpaired) electrons. The highest BCUT2D eigenvalue weighted by Crippen LogP contribution is 2.27. The van der Waals surface area contributed by atoms with Crippen molar-refractivity contribution in [2.75, 3.05) is 47.4 Å². The van der Waals surface area contributed by atoms with Gasteiger partial charge in [-0.15, -0.1) is 24.0 Å². The van der Waals surface area contributed by atoms with Crippen molar-refractivity contribution in [1.82, 2.24) is 15.5 Å². The molecular formula is C21H37IN4O2. The molecule has 0 bridgehead atoms. The molecule has 0 aliphatic carbocycles. The summed E-state index contributed by atoms with van der Waals surface area (Å²) in [7, 11) is 5.10. The van der Waals surface area contributed by atoms with Crippen LogP contribution >= 0.6 is 24.0 Å². The molecule has 0 saturated carbocycles. The highest BCUT2D eigenvalue weighted by Gasteiger charge is 2.20. The summed E-state index contributed by atoms with van der Waals surface area (Å²) in [4.78, 5) is 6.91. The molecule has 1 heterocycles. The van der Waals surface area contributed by atoms with E-state index in [4.69, 9.17) is 9.47 Å². The van der Waals surface area contributed by atoms with Crippen molar-refractivity contribution in [1.29, 1.82) is 0 Å². The number of nitrogens with zero attached hydrogens (tertiary/aromatic N) is 2. The van der Waals surface area contributed by atoms with Gasteiger partial charge in [-0.25, -0.2) is 0 Å². The zero-order valence-corrected chi connectivity index (χ0v) is 20.3. The largest absolute Gasteiger partial charge is 0.493 e. The molecule has 2 atom stereocenters. The number of methoxy groups -OCH3 is 2. The van der Waals surface area contributed by atoms with Crippen molar-refractivity contribution < 1.29 is 9.47 Å². The van der Waals surface area contributed by atoms with Crippen LogP contribution in [0.25, 0.3) is 0 Å². The van der Waals surface area contributed by atoms with E-state index in [9.17, 15) is 0 Å². The summed E-state index contributed by atoms with van der Waals surface area (Å²) in [6.45, 7) is 9.94. The van der Waals surface area contributed by atoms with Gasteiger partial charge in [0.15, 0.2) is 17.5 Å². The Hall–Kier alpha value is -1.22. The fraction of sp³-hybridized carbons (Fsp3) is 0.667. The number of nitrogens with one attached hydrogen (secondary N) is 2. The average molecular weight is 504 g/mol. The van der Waals surface area contributed by atoms with Crippen LogP contribution in [-0.4, -0.2) is 58.3 Å². The normalized spacial score (nSPS) is 20.2. The molecule has 1 aromatic rings. The fourth-order valence-corrected chi connectivity index (χ4v) is 3.88. The van der Waals surface area contributed by atoms with Crippen LogP contribution in [0.5, 0.6) is 11.5 Å². The Bertz CT molecular complexity index is 602. The van der Waals surface area contributed by atoms with Crippen molar-refractivity contribution >= 4 is 29.9 Å². The van der Waals surface area contributed by atoms with Crippen LogP contribution in [0, 0.1) is 11.8 Å². The maximum atomic E-state index is 5.36. The molecule has 2 rings (SSSR count). The van der Waals surface area contributed by atoms with Gasteiger partial charge in [-0.3, -0.25) is 4.99 Å². The number of hydrogen-bond donors (Lipinski definition) is 2. The number of benzene rings is 1. The smallest absolute Gasteiger partial charge is 0.191 e. The van der Waals surface area contributed by atoms with Crippen molar-refractivity contribution in [3.63, 3.8) is 0 Å². The molecule has 160 valence electrons. The molecule has 7 heteroatoms. The first-order valence-electron chi connectivity index (χ1n) is 9.93. The average Bonchev–Trinajstić information content (AvgIpc) is 2.66. The third-order valence-corrected chi connectivity index (χ3v) is 5.02. The lowest BCUT2D eigenvalue weighted by atomic mass is 9.92. The highest BCUT2D eigenvalue weighted by molar-refractivity contribution is 14.0. The van der Waals surface area contributed by atoms with Gasteiger partial charge in [0.05, 0.1) is 14.2 Å². The molecule has 0 spiro atoms. The van der Waals surface area contributed by atoms with Crippen molar-refractivity contribution in [2.45, 2.75) is 33.2 Å². The number of piperidine rings is 1. The molecule has 0 amide bonds. The Balaban J connectivity index is 0.00000392. The fourth-order valence-electron chi connectivity index (χ4n) is 3.88. The van der Waals surface area contributed by atoms with Gasteiger partial charge < -0.3 is 25.0 Å². The van der Waals surface area contributed by atoms with Crippen LogP contribution in [0.4, 0.5) is 0 Å². The summed E-state index contributed by atoms with van der Waals surface area (Å²) in [5.41, 5.74) is 1.12. The van der Waals surface area contributed by atoms with Crippen molar-refractivity contribution in [3.05, 3.63) is 23.8 Å². The van der Waals surface area contributed by atoms with E-state index in [2.05, 4.69) is 34.4 Å². The SMILES string of the molecule is CN=C(NCCCN1CC(C)CC(C)C1)NCc1ccc(OC)c(OC)c1.I. The number of rotatable bonds is 8. The summed E-state index contributed by atoms with van der Waals surface area (Å²) in [6, 6.07) is 5.94. The third kappa shape index (κ3) is 8.03. The van der Waals surface area contributed by atoms with Gasteiger partial charge in [-0.05, 0) is 48.9 Å². The summed E-state index contributed by atoms with van der Waals surface area (Å²) >= 11 is 0. The van der Waals surface area contributed by atoms with Crippen LogP contribution in [0.2, 0.25) is 0 Å². The van der Waals surface area contributed by atoms with Crippen molar-refractivity contribution in [2.24, 2.45) is 16.8 Å². The Kier molecular flexibility index (Phi) is 11.6. The quantitative estimate of drug-likeness (QED) is 0.246. The molecule has 2 unspecified atom stereocenters. The number of guanidine groups is 1. The molecular weight excluding hydrogens is 467 g/mol. The molecule has 1 fully saturated rings. The minimum atomic E-state index is 0. The molecule has 6 nitrogen and oxygen atoms in total. The van der Waals surface area contributed by atoms with E-state index in [0.29, 0.717) is 6.54 Å². The van der Waals surface area contributed by atoms with Crippen LogP contribution in [0.3, 0.4) is 0 Å². The van der Waals surface area contributed by atoms with Gasteiger partial charge in [0.25, 0.3) is 0 Å². The molecule has 0 aromatic heterocycles. The minimum Gasteiger partial charge on any atom is -0.493 e. The lowest BCUT2D eigenvalue weighted by Crippen LogP contribution is -2.41. The predicted molar refractivity (Wildman–Crippen MR) is 127 cm³/mol. The van der Waals surface area contributed by atoms with E-state index in [1.54, 1.807) is 21.3 Å². The number of hydrogen-bond acceptors (Lipinski definition) is 4. The predicted octanol–water partition coefficient (Wildman–Crippen LogP) is 3.35. The first kappa shape index (κ1) is 24.8. The molecule has 2 N–H and O–H groups in total. The Labute approximate surface area is 187 Å². The van der Waals surface area contributed by atoms with Gasteiger partial charge in [0, 0.05) is 33.2 Å². The zero-order chi connectivity index (χ0) is 19.6. The maximum absolute atomic E-state index is 5.36. The van der Waals surface area contributed by atoms with E-state index >= 15 is 0 Å². The van der Waals surface area contributed by atoms with E-state index in [1.165, 1.54) is 19.5 Å². The Morgan fingerprint density at radius 3 is 2.39 bits per heavy atom. The van der Waals surface area contributed by atoms with Crippen LogP contribution < -0.4 is 20.1 Å². The van der Waals surface area contributed by atoms with Gasteiger partial charge in [0.1, 0.15) is 0 Å². The van der Waals surface area contributed by atoms with E-state index in [0.717, 1.165) is 54.4 Å². The second kappa shape index (κ2) is 13.1.